The summed E-state index contributed by atoms with van der Waals surface area (Å²) in [6.07, 6.45) is 10.5. The van der Waals surface area contributed by atoms with E-state index < -0.39 is 5.97 Å². The van der Waals surface area contributed by atoms with Crippen LogP contribution in [0.4, 0.5) is 10.5 Å². The Labute approximate surface area is 206 Å². The molecule has 3 aliphatic rings. The van der Waals surface area contributed by atoms with E-state index in [4.69, 9.17) is 14.5 Å². The van der Waals surface area contributed by atoms with Gasteiger partial charge in [-0.1, -0.05) is 25.7 Å². The van der Waals surface area contributed by atoms with Crippen LogP contribution >= 0.6 is 0 Å². The van der Waals surface area contributed by atoms with E-state index in [2.05, 4.69) is 4.57 Å². The maximum absolute atomic E-state index is 12.6. The second kappa shape index (κ2) is 10.1. The highest BCUT2D eigenvalue weighted by molar-refractivity contribution is 5.95. The molecule has 2 fully saturated rings. The van der Waals surface area contributed by atoms with E-state index in [9.17, 15) is 14.7 Å². The number of aliphatic carboxylic acids is 1. The topological polar surface area (TPSA) is 93.9 Å². The first-order valence-corrected chi connectivity index (χ1v) is 13.2. The van der Waals surface area contributed by atoms with Crippen molar-refractivity contribution in [2.45, 2.75) is 89.6 Å². The monoisotopic (exact) mass is 483 g/mol. The number of benzene rings is 1. The van der Waals surface area contributed by atoms with E-state index in [0.29, 0.717) is 25.5 Å². The molecule has 0 spiro atoms. The normalized spacial score (nSPS) is 25.0. The van der Waals surface area contributed by atoms with Crippen molar-refractivity contribution in [3.8, 4) is 6.01 Å². The molecular formula is C27H37N3O5. The molecule has 0 radical (unpaired) electrons. The number of rotatable bonds is 6. The molecular weight excluding hydrogens is 446 g/mol. The Morgan fingerprint density at radius 1 is 1.09 bits per heavy atom. The van der Waals surface area contributed by atoms with Crippen LogP contribution in [0, 0.1) is 11.8 Å². The summed E-state index contributed by atoms with van der Waals surface area (Å²) < 4.78 is 13.6. The smallest absolute Gasteiger partial charge is 0.414 e. The number of ether oxygens (including phenoxy) is 2. The molecule has 1 atom stereocenters. The summed E-state index contributed by atoms with van der Waals surface area (Å²) >= 11 is 0. The molecule has 2 saturated carbocycles. The van der Waals surface area contributed by atoms with Crippen LogP contribution in [0.5, 0.6) is 6.01 Å². The van der Waals surface area contributed by atoms with Crippen molar-refractivity contribution in [3.05, 3.63) is 17.7 Å². The third-order valence-corrected chi connectivity index (χ3v) is 8.44. The largest absolute Gasteiger partial charge is 0.481 e. The number of carboxylic acid groups (broad SMARTS) is 1. The Morgan fingerprint density at radius 2 is 1.83 bits per heavy atom. The number of carboxylic acids is 1. The first kappa shape index (κ1) is 23.9. The van der Waals surface area contributed by atoms with Gasteiger partial charge in [-0.3, -0.25) is 14.3 Å². The zero-order chi connectivity index (χ0) is 24.5. The van der Waals surface area contributed by atoms with Crippen LogP contribution in [0.3, 0.4) is 0 Å². The van der Waals surface area contributed by atoms with Crippen LogP contribution in [0.1, 0.15) is 82.7 Å². The fraction of sp³-hybridized carbons (Fsp3) is 0.667. The highest BCUT2D eigenvalue weighted by Gasteiger charge is 2.34. The average Bonchev–Trinajstić information content (AvgIpc) is 3.51. The second-order valence-corrected chi connectivity index (χ2v) is 10.6. The van der Waals surface area contributed by atoms with Gasteiger partial charge in [-0.05, 0) is 69.9 Å². The molecule has 2 aliphatic carbocycles. The Morgan fingerprint density at radius 3 is 2.51 bits per heavy atom. The standard InChI is InChI=1S/C27H37N3O5/c1-17-7-12-21-22(29(17)27(33)34-2)13-14-23-24(21)28-26(35-16-15-18-5-3-4-6-18)30(23)20-10-8-19(9-11-20)25(31)32/h13-14,17-20H,3-12,15-16H2,1-2H3,(H,31,32)/t17-,19?,20?/m0/s1. The summed E-state index contributed by atoms with van der Waals surface area (Å²) in [4.78, 5) is 30.8. The molecule has 190 valence electrons. The van der Waals surface area contributed by atoms with Crippen molar-refractivity contribution in [1.82, 2.24) is 9.55 Å². The van der Waals surface area contributed by atoms with Gasteiger partial charge < -0.3 is 14.6 Å². The van der Waals surface area contributed by atoms with Crippen LogP contribution in [0.2, 0.25) is 0 Å². The number of aromatic nitrogens is 2. The van der Waals surface area contributed by atoms with Crippen LogP contribution in [0.15, 0.2) is 12.1 Å². The number of nitrogens with zero attached hydrogens (tertiary/aromatic N) is 3. The molecule has 0 saturated heterocycles. The SMILES string of the molecule is COC(=O)N1c2ccc3c(nc(OCCC4CCCC4)n3C3CCC(C(=O)O)CC3)c2CC[C@@H]1C. The molecule has 1 amide bonds. The molecule has 8 nitrogen and oxygen atoms in total. The molecule has 0 unspecified atom stereocenters. The van der Waals surface area contributed by atoms with E-state index in [1.54, 1.807) is 4.90 Å². The van der Waals surface area contributed by atoms with E-state index >= 15 is 0 Å². The third kappa shape index (κ3) is 4.59. The maximum Gasteiger partial charge on any atom is 0.414 e. The third-order valence-electron chi connectivity index (χ3n) is 8.44. The lowest BCUT2D eigenvalue weighted by Crippen LogP contribution is -2.42. The van der Waals surface area contributed by atoms with Gasteiger partial charge in [0.25, 0.3) is 6.01 Å². The maximum atomic E-state index is 12.6. The number of imidazole rings is 1. The molecule has 8 heteroatoms. The molecule has 1 aliphatic heterocycles. The zero-order valence-electron chi connectivity index (χ0n) is 20.9. The zero-order valence-corrected chi connectivity index (χ0v) is 20.9. The fourth-order valence-electron chi connectivity index (χ4n) is 6.41. The summed E-state index contributed by atoms with van der Waals surface area (Å²) in [7, 11) is 1.42. The van der Waals surface area contributed by atoms with Crippen molar-refractivity contribution in [2.24, 2.45) is 11.8 Å². The first-order valence-electron chi connectivity index (χ1n) is 13.2. The second-order valence-electron chi connectivity index (χ2n) is 10.6. The summed E-state index contributed by atoms with van der Waals surface area (Å²) in [6.45, 7) is 2.69. The fourth-order valence-corrected chi connectivity index (χ4v) is 6.41. The summed E-state index contributed by atoms with van der Waals surface area (Å²) in [6, 6.07) is 4.90. The van der Waals surface area contributed by atoms with Gasteiger partial charge >= 0.3 is 12.1 Å². The number of anilines is 1. The van der Waals surface area contributed by atoms with Gasteiger partial charge in [-0.2, -0.15) is 4.98 Å². The van der Waals surface area contributed by atoms with Crippen molar-refractivity contribution in [1.29, 1.82) is 0 Å². The number of hydrogen-bond acceptors (Lipinski definition) is 5. The molecule has 2 heterocycles. The van der Waals surface area contributed by atoms with Crippen molar-refractivity contribution >= 4 is 28.8 Å². The first-order chi connectivity index (χ1) is 17.0. The molecule has 35 heavy (non-hydrogen) atoms. The predicted octanol–water partition coefficient (Wildman–Crippen LogP) is 5.72. The van der Waals surface area contributed by atoms with Gasteiger partial charge in [-0.15, -0.1) is 0 Å². The summed E-state index contributed by atoms with van der Waals surface area (Å²) in [5.74, 6) is -0.226. The number of aryl methyl sites for hydroxylation is 1. The van der Waals surface area contributed by atoms with Crippen LogP contribution in [-0.4, -0.2) is 46.5 Å². The van der Waals surface area contributed by atoms with E-state index in [1.807, 2.05) is 19.1 Å². The Bertz CT molecular complexity index is 1080. The van der Waals surface area contributed by atoms with Crippen molar-refractivity contribution in [3.63, 3.8) is 0 Å². The van der Waals surface area contributed by atoms with Gasteiger partial charge in [0.1, 0.15) is 0 Å². The minimum Gasteiger partial charge on any atom is -0.481 e. The van der Waals surface area contributed by atoms with E-state index in [1.165, 1.54) is 32.8 Å². The van der Waals surface area contributed by atoms with Crippen LogP contribution in [-0.2, 0) is 16.0 Å². The van der Waals surface area contributed by atoms with E-state index in [-0.39, 0.29) is 24.1 Å². The lowest BCUT2D eigenvalue weighted by molar-refractivity contribution is -0.143. The minimum absolute atomic E-state index is 0.0583. The number of fused-ring (bicyclic) bond motifs is 3. The highest BCUT2D eigenvalue weighted by Crippen LogP contribution is 2.42. The molecule has 1 N–H and O–H groups in total. The highest BCUT2D eigenvalue weighted by atomic mass is 16.5. The van der Waals surface area contributed by atoms with Crippen LogP contribution in [0.25, 0.3) is 11.0 Å². The van der Waals surface area contributed by atoms with Gasteiger partial charge in [0.15, 0.2) is 0 Å². The molecule has 1 aromatic carbocycles. The number of carbonyl (C=O) groups excluding carboxylic acids is 1. The number of carbonyl (C=O) groups is 2. The number of methoxy groups -OCH3 is 1. The lowest BCUT2D eigenvalue weighted by atomic mass is 9.86. The predicted molar refractivity (Wildman–Crippen MR) is 133 cm³/mol. The summed E-state index contributed by atoms with van der Waals surface area (Å²) in [5, 5.41) is 9.46. The summed E-state index contributed by atoms with van der Waals surface area (Å²) in [5.41, 5.74) is 3.82. The average molecular weight is 484 g/mol. The minimum atomic E-state index is -0.696. The Balaban J connectivity index is 1.50. The molecule has 5 rings (SSSR count). The molecule has 1 aromatic heterocycles. The van der Waals surface area contributed by atoms with Gasteiger partial charge in [0, 0.05) is 17.6 Å². The van der Waals surface area contributed by atoms with Crippen molar-refractivity contribution in [2.75, 3.05) is 18.6 Å². The van der Waals surface area contributed by atoms with Gasteiger partial charge in [-0.25, -0.2) is 4.79 Å². The van der Waals surface area contributed by atoms with Crippen LogP contribution < -0.4 is 9.64 Å². The Hall–Kier alpha value is -2.77. The van der Waals surface area contributed by atoms with Gasteiger partial charge in [0.05, 0.1) is 36.4 Å². The van der Waals surface area contributed by atoms with Gasteiger partial charge in [0.2, 0.25) is 0 Å². The molecule has 0 bridgehead atoms. The Kier molecular flexibility index (Phi) is 6.89. The lowest BCUT2D eigenvalue weighted by Gasteiger charge is -2.34. The quantitative estimate of drug-likeness (QED) is 0.565. The number of amides is 1. The number of hydrogen-bond donors (Lipinski definition) is 1. The molecule has 2 aromatic rings. The van der Waals surface area contributed by atoms with E-state index in [0.717, 1.165) is 60.3 Å². The van der Waals surface area contributed by atoms with Crippen molar-refractivity contribution < 1.29 is 24.2 Å².